The lowest BCUT2D eigenvalue weighted by Gasteiger charge is -2.12. The van der Waals surface area contributed by atoms with Crippen LogP contribution in [0.2, 0.25) is 5.02 Å². The zero-order valence-electron chi connectivity index (χ0n) is 21.5. The Hall–Kier alpha value is -3.90. The van der Waals surface area contributed by atoms with Gasteiger partial charge >= 0.3 is 5.97 Å². The summed E-state index contributed by atoms with van der Waals surface area (Å²) < 4.78 is 8.21. The van der Waals surface area contributed by atoms with Crippen LogP contribution in [0.15, 0.2) is 72.8 Å². The van der Waals surface area contributed by atoms with Crippen LogP contribution in [-0.4, -0.2) is 25.6 Å². The molecule has 38 heavy (non-hydrogen) atoms. The summed E-state index contributed by atoms with van der Waals surface area (Å²) >= 11 is 6.59. The minimum Gasteiger partial charge on any atom is -0.487 e. The molecule has 0 unspecified atom stereocenters. The van der Waals surface area contributed by atoms with Gasteiger partial charge in [-0.1, -0.05) is 61.8 Å². The van der Waals surface area contributed by atoms with Crippen LogP contribution in [0, 0.1) is 18.3 Å². The molecular weight excluding hydrogens is 498 g/mol. The molecule has 1 aliphatic rings. The fraction of sp³-hybridized carbons (Fsp3) is 0.258. The molecule has 6 nitrogen and oxygen atoms in total. The van der Waals surface area contributed by atoms with Gasteiger partial charge in [0.1, 0.15) is 18.2 Å². The first-order chi connectivity index (χ1) is 18.2. The van der Waals surface area contributed by atoms with Crippen molar-refractivity contribution < 1.29 is 14.6 Å². The van der Waals surface area contributed by atoms with Gasteiger partial charge in [-0.25, -0.2) is 9.97 Å². The highest BCUT2D eigenvalue weighted by molar-refractivity contribution is 6.31. The minimum atomic E-state index is -0.793. The molecular formula is C31H28ClN3O3. The number of carboxylic acid groups (broad SMARTS) is 1. The van der Waals surface area contributed by atoms with Gasteiger partial charge in [0.2, 0.25) is 0 Å². The standard InChI is InChI=1S/C31H28ClN3O3/c1-18-8-9-20(23(32)14-18)16-35-26-13-12-22(38-17-21-11-10-19-6-4-5-7-24(19)33-21)15-25(26)34-29(35)27-28(30(36)37)31(27,2)3/h4-15,27-28H,16-17H2,1-3H3,(H,36,37)/t27-,28+/m0/s1. The average molecular weight is 526 g/mol. The molecule has 5 aromatic rings. The van der Waals surface area contributed by atoms with E-state index >= 15 is 0 Å². The maximum absolute atomic E-state index is 12.0. The van der Waals surface area contributed by atoms with Gasteiger partial charge < -0.3 is 14.4 Å². The van der Waals surface area contributed by atoms with Gasteiger partial charge in [-0.3, -0.25) is 4.79 Å². The van der Waals surface area contributed by atoms with Gasteiger partial charge in [-0.15, -0.1) is 0 Å². The van der Waals surface area contributed by atoms with Crippen LogP contribution >= 0.6 is 11.6 Å². The van der Waals surface area contributed by atoms with Crippen LogP contribution in [0.25, 0.3) is 21.9 Å². The van der Waals surface area contributed by atoms with E-state index in [0.717, 1.165) is 44.6 Å². The highest BCUT2D eigenvalue weighted by atomic mass is 35.5. The van der Waals surface area contributed by atoms with Gasteiger partial charge in [-0.05, 0) is 53.8 Å². The number of hydrogen-bond donors (Lipinski definition) is 1. The van der Waals surface area contributed by atoms with E-state index in [2.05, 4.69) is 4.57 Å². The Morgan fingerprint density at radius 1 is 1.03 bits per heavy atom. The summed E-state index contributed by atoms with van der Waals surface area (Å²) in [5.74, 6) is -0.0211. The molecule has 2 aromatic heterocycles. The van der Waals surface area contributed by atoms with Crippen LogP contribution in [0.5, 0.6) is 5.75 Å². The molecule has 0 spiro atoms. The van der Waals surface area contributed by atoms with Crippen molar-refractivity contribution in [1.82, 2.24) is 14.5 Å². The number of rotatable bonds is 7. The van der Waals surface area contributed by atoms with Crippen LogP contribution in [0.4, 0.5) is 0 Å². The topological polar surface area (TPSA) is 77.2 Å². The SMILES string of the molecule is Cc1ccc(Cn2c([C@@H]3[C@H](C(=O)O)C3(C)C)nc3cc(OCc4ccc5ccccc5n4)ccc32)c(Cl)c1. The maximum atomic E-state index is 12.0. The number of pyridine rings is 1. The summed E-state index contributed by atoms with van der Waals surface area (Å²) in [6, 6.07) is 23.8. The van der Waals surface area contributed by atoms with Gasteiger partial charge in [-0.2, -0.15) is 0 Å². The molecule has 6 rings (SSSR count). The van der Waals surface area contributed by atoms with Gasteiger partial charge in [0.05, 0.1) is 34.7 Å². The number of aliphatic carboxylic acids is 1. The summed E-state index contributed by atoms with van der Waals surface area (Å²) in [7, 11) is 0. The smallest absolute Gasteiger partial charge is 0.307 e. The van der Waals surface area contributed by atoms with Crippen molar-refractivity contribution >= 4 is 39.5 Å². The van der Waals surface area contributed by atoms with Gasteiger partial charge in [0.15, 0.2) is 0 Å². The van der Waals surface area contributed by atoms with Crippen LogP contribution in [0.1, 0.15) is 42.4 Å². The lowest BCUT2D eigenvalue weighted by molar-refractivity contribution is -0.139. The first-order valence-electron chi connectivity index (χ1n) is 12.7. The largest absolute Gasteiger partial charge is 0.487 e. The lowest BCUT2D eigenvalue weighted by atomic mass is 10.1. The first kappa shape index (κ1) is 24.4. The van der Waals surface area contributed by atoms with Gasteiger partial charge in [0, 0.05) is 22.4 Å². The monoisotopic (exact) mass is 525 g/mol. The van der Waals surface area contributed by atoms with Crippen LogP contribution in [0.3, 0.4) is 0 Å². The molecule has 1 fully saturated rings. The Balaban J connectivity index is 1.34. The molecule has 1 N–H and O–H groups in total. The molecule has 0 aliphatic heterocycles. The third kappa shape index (κ3) is 4.29. The van der Waals surface area contributed by atoms with E-state index in [-0.39, 0.29) is 11.3 Å². The van der Waals surface area contributed by atoms with Crippen LogP contribution < -0.4 is 4.74 Å². The predicted octanol–water partition coefficient (Wildman–Crippen LogP) is 7.00. The Morgan fingerprint density at radius 2 is 1.84 bits per heavy atom. The van der Waals surface area contributed by atoms with E-state index in [0.29, 0.717) is 23.9 Å². The quantitative estimate of drug-likeness (QED) is 0.247. The average Bonchev–Trinajstić information content (AvgIpc) is 3.31. The van der Waals surface area contributed by atoms with E-state index < -0.39 is 11.9 Å². The number of aryl methyl sites for hydroxylation is 1. The molecule has 3 aromatic carbocycles. The number of imidazole rings is 1. The third-order valence-electron chi connectivity index (χ3n) is 7.70. The summed E-state index contributed by atoms with van der Waals surface area (Å²) in [5.41, 5.74) is 5.12. The number of para-hydroxylation sites is 1. The second-order valence-electron chi connectivity index (χ2n) is 10.7. The van der Waals surface area contributed by atoms with Crippen molar-refractivity contribution in [3.8, 4) is 5.75 Å². The third-order valence-corrected chi connectivity index (χ3v) is 8.05. The number of ether oxygens (including phenoxy) is 1. The van der Waals surface area contributed by atoms with Crippen molar-refractivity contribution in [1.29, 1.82) is 0 Å². The number of carboxylic acids is 1. The summed E-state index contributed by atoms with van der Waals surface area (Å²) in [6.45, 7) is 6.83. The molecule has 0 radical (unpaired) electrons. The highest BCUT2D eigenvalue weighted by Crippen LogP contribution is 2.64. The lowest BCUT2D eigenvalue weighted by Crippen LogP contribution is -2.07. The van der Waals surface area contributed by atoms with E-state index in [1.807, 2.05) is 93.6 Å². The molecule has 0 amide bonds. The zero-order valence-corrected chi connectivity index (χ0v) is 22.2. The summed E-state index contributed by atoms with van der Waals surface area (Å²) in [6.07, 6.45) is 0. The number of fused-ring (bicyclic) bond motifs is 2. The number of benzene rings is 3. The molecule has 1 aliphatic carbocycles. The van der Waals surface area contributed by atoms with E-state index in [9.17, 15) is 9.90 Å². The Labute approximate surface area is 225 Å². The van der Waals surface area contributed by atoms with Crippen molar-refractivity contribution in [2.45, 2.75) is 39.8 Å². The normalized spacial score (nSPS) is 18.1. The minimum absolute atomic E-state index is 0.192. The first-order valence-corrected chi connectivity index (χ1v) is 13.1. The Kier molecular flexibility index (Phi) is 5.88. The van der Waals surface area contributed by atoms with E-state index in [1.54, 1.807) is 0 Å². The fourth-order valence-corrected chi connectivity index (χ4v) is 5.79. The van der Waals surface area contributed by atoms with E-state index in [4.69, 9.17) is 26.3 Å². The van der Waals surface area contributed by atoms with Crippen molar-refractivity contribution in [2.75, 3.05) is 0 Å². The molecule has 0 bridgehead atoms. The van der Waals surface area contributed by atoms with Crippen molar-refractivity contribution in [2.24, 2.45) is 11.3 Å². The fourth-order valence-electron chi connectivity index (χ4n) is 5.50. The molecule has 2 heterocycles. The molecule has 0 saturated heterocycles. The molecule has 192 valence electrons. The molecule has 1 saturated carbocycles. The highest BCUT2D eigenvalue weighted by Gasteiger charge is 2.64. The second-order valence-corrected chi connectivity index (χ2v) is 11.1. The van der Waals surface area contributed by atoms with Crippen LogP contribution in [-0.2, 0) is 17.9 Å². The number of halogens is 1. The second kappa shape index (κ2) is 9.14. The number of carbonyl (C=O) groups is 1. The van der Waals surface area contributed by atoms with E-state index in [1.165, 1.54) is 0 Å². The van der Waals surface area contributed by atoms with Crippen molar-refractivity contribution in [3.05, 3.63) is 100 Å². The Morgan fingerprint density at radius 3 is 2.61 bits per heavy atom. The maximum Gasteiger partial charge on any atom is 0.307 e. The van der Waals surface area contributed by atoms with Gasteiger partial charge in [0.25, 0.3) is 0 Å². The Bertz CT molecular complexity index is 1710. The van der Waals surface area contributed by atoms with Crippen molar-refractivity contribution in [3.63, 3.8) is 0 Å². The molecule has 7 heteroatoms. The number of hydrogen-bond acceptors (Lipinski definition) is 4. The summed E-state index contributed by atoms with van der Waals surface area (Å²) in [5, 5.41) is 11.6. The predicted molar refractivity (Wildman–Crippen MR) is 149 cm³/mol. The number of nitrogens with zero attached hydrogens (tertiary/aromatic N) is 3. The zero-order chi connectivity index (χ0) is 26.6. The molecule has 2 atom stereocenters. The summed E-state index contributed by atoms with van der Waals surface area (Å²) in [4.78, 5) is 21.7. The number of aromatic nitrogens is 3.